The van der Waals surface area contributed by atoms with Crippen LogP contribution in [0.5, 0.6) is 0 Å². The highest BCUT2D eigenvalue weighted by Gasteiger charge is 2.27. The van der Waals surface area contributed by atoms with Gasteiger partial charge in [0.2, 0.25) is 0 Å². The second-order valence-corrected chi connectivity index (χ2v) is 8.57. The molecule has 0 radical (unpaired) electrons. The summed E-state index contributed by atoms with van der Waals surface area (Å²) in [6, 6.07) is 18.3. The number of carbonyl (C=O) groups excluding carboxylic acids is 1. The number of aromatic amines is 1. The minimum absolute atomic E-state index is 0.182. The molecule has 0 aliphatic rings. The fraction of sp³-hybridized carbons (Fsp3) is 0.0833. The Balaban J connectivity index is 1.73. The van der Waals surface area contributed by atoms with E-state index in [9.17, 15) is 4.79 Å². The van der Waals surface area contributed by atoms with Gasteiger partial charge in [-0.05, 0) is 37.3 Å². The quantitative estimate of drug-likeness (QED) is 0.339. The number of hydrogen-bond acceptors (Lipinski definition) is 6. The van der Waals surface area contributed by atoms with Gasteiger partial charge < -0.3 is 5.32 Å². The Kier molecular flexibility index (Phi) is 6.26. The topological polar surface area (TPSA) is 114 Å². The summed E-state index contributed by atoms with van der Waals surface area (Å²) in [6.45, 7) is 2.00. The molecule has 3 aromatic heterocycles. The van der Waals surface area contributed by atoms with Gasteiger partial charge in [0, 0.05) is 28.8 Å². The predicted octanol–water partition coefficient (Wildman–Crippen LogP) is 4.91. The van der Waals surface area contributed by atoms with E-state index in [1.807, 2.05) is 31.2 Å². The van der Waals surface area contributed by atoms with Crippen LogP contribution >= 0.6 is 23.2 Å². The largest absolute Gasteiger partial charge is 0.305 e. The fourth-order valence-corrected chi connectivity index (χ4v) is 4.15. The maximum absolute atomic E-state index is 13.4. The summed E-state index contributed by atoms with van der Waals surface area (Å²) in [5.41, 5.74) is 3.96. The van der Waals surface area contributed by atoms with Crippen LogP contribution in [0.4, 0.5) is 5.82 Å². The van der Waals surface area contributed by atoms with Gasteiger partial charge in [-0.1, -0.05) is 64.3 Å². The molecular weight excluding hydrogens is 487 g/mol. The van der Waals surface area contributed by atoms with Gasteiger partial charge >= 0.3 is 0 Å². The van der Waals surface area contributed by atoms with Crippen molar-refractivity contribution in [1.29, 1.82) is 0 Å². The summed E-state index contributed by atoms with van der Waals surface area (Å²) < 4.78 is 1.64. The number of hydrogen-bond donors (Lipinski definition) is 2. The summed E-state index contributed by atoms with van der Waals surface area (Å²) in [6.07, 6.45) is 1.80. The molecule has 11 heteroatoms. The summed E-state index contributed by atoms with van der Waals surface area (Å²) in [7, 11) is 0. The highest BCUT2D eigenvalue weighted by atomic mass is 35.5. The molecule has 2 aromatic carbocycles. The number of H-pyrrole nitrogens is 1. The van der Waals surface area contributed by atoms with E-state index in [0.29, 0.717) is 38.6 Å². The van der Waals surface area contributed by atoms with Gasteiger partial charge in [-0.3, -0.25) is 4.79 Å². The number of benzene rings is 2. The van der Waals surface area contributed by atoms with Gasteiger partial charge in [0.05, 0.1) is 16.4 Å². The third-order valence-electron chi connectivity index (χ3n) is 5.29. The van der Waals surface area contributed by atoms with Crippen LogP contribution in [0.25, 0.3) is 16.9 Å². The Bertz CT molecular complexity index is 1480. The van der Waals surface area contributed by atoms with Crippen molar-refractivity contribution in [2.75, 3.05) is 5.32 Å². The van der Waals surface area contributed by atoms with E-state index in [2.05, 4.69) is 30.9 Å². The molecule has 5 rings (SSSR count). The summed E-state index contributed by atoms with van der Waals surface area (Å²) in [5, 5.41) is 22.7. The van der Waals surface area contributed by atoms with Crippen LogP contribution in [-0.4, -0.2) is 41.3 Å². The monoisotopic (exact) mass is 504 g/mol. The van der Waals surface area contributed by atoms with E-state index in [-0.39, 0.29) is 12.1 Å². The minimum atomic E-state index is -0.431. The second-order valence-electron chi connectivity index (χ2n) is 7.72. The van der Waals surface area contributed by atoms with Crippen molar-refractivity contribution in [3.8, 4) is 16.9 Å². The van der Waals surface area contributed by atoms with E-state index in [1.165, 1.54) is 0 Å². The van der Waals surface area contributed by atoms with Crippen LogP contribution in [0.3, 0.4) is 0 Å². The molecule has 1 amide bonds. The van der Waals surface area contributed by atoms with Gasteiger partial charge in [0.15, 0.2) is 11.5 Å². The molecule has 0 bridgehead atoms. The highest BCUT2D eigenvalue weighted by molar-refractivity contribution is 6.35. The molecular formula is C24H18Cl2N8O. The van der Waals surface area contributed by atoms with Crippen LogP contribution in [0.2, 0.25) is 10.0 Å². The van der Waals surface area contributed by atoms with Crippen LogP contribution in [0.1, 0.15) is 27.4 Å². The Hall–Kier alpha value is -4.08. The molecule has 35 heavy (non-hydrogen) atoms. The molecule has 2 N–H and O–H groups in total. The summed E-state index contributed by atoms with van der Waals surface area (Å²) >= 11 is 12.7. The SMILES string of the molecule is Cc1ccc(-c2c(Cc3nn[nH]n3)c(C(=O)Nc3ccccn3)nn2-c2ccc(Cl)cc2Cl)cc1. The van der Waals surface area contributed by atoms with E-state index in [4.69, 9.17) is 28.3 Å². The number of halogens is 2. The summed E-state index contributed by atoms with van der Waals surface area (Å²) in [5.74, 6) is 0.380. The van der Waals surface area contributed by atoms with Crippen molar-refractivity contribution in [3.63, 3.8) is 0 Å². The normalized spacial score (nSPS) is 10.9. The second kappa shape index (κ2) is 9.65. The van der Waals surface area contributed by atoms with Crippen molar-refractivity contribution in [1.82, 2.24) is 35.4 Å². The molecule has 0 saturated carbocycles. The molecule has 0 unspecified atom stereocenters. The Labute approximate surface area is 210 Å². The van der Waals surface area contributed by atoms with E-state index in [1.54, 1.807) is 47.3 Å². The number of aryl methyl sites for hydroxylation is 1. The van der Waals surface area contributed by atoms with Crippen LogP contribution < -0.4 is 5.32 Å². The Morgan fingerprint density at radius 2 is 1.91 bits per heavy atom. The van der Waals surface area contributed by atoms with Gasteiger partial charge in [-0.2, -0.15) is 10.3 Å². The lowest BCUT2D eigenvalue weighted by Gasteiger charge is -2.12. The maximum Gasteiger partial charge on any atom is 0.277 e. The molecule has 0 atom stereocenters. The van der Waals surface area contributed by atoms with Crippen molar-refractivity contribution >= 4 is 34.9 Å². The molecule has 0 aliphatic heterocycles. The third kappa shape index (κ3) is 4.77. The zero-order chi connectivity index (χ0) is 24.4. The molecule has 5 aromatic rings. The highest BCUT2D eigenvalue weighted by Crippen LogP contribution is 2.34. The number of aromatic nitrogens is 7. The number of pyridine rings is 1. The first-order chi connectivity index (χ1) is 17.0. The zero-order valence-electron chi connectivity index (χ0n) is 18.4. The van der Waals surface area contributed by atoms with Crippen LogP contribution in [-0.2, 0) is 6.42 Å². The zero-order valence-corrected chi connectivity index (χ0v) is 19.9. The molecule has 0 fully saturated rings. The van der Waals surface area contributed by atoms with Crippen molar-refractivity contribution in [3.05, 3.63) is 99.6 Å². The number of carbonyl (C=O) groups is 1. The predicted molar refractivity (Wildman–Crippen MR) is 133 cm³/mol. The number of nitrogens with zero attached hydrogens (tertiary/aromatic N) is 6. The number of anilines is 1. The Morgan fingerprint density at radius 3 is 2.60 bits per heavy atom. The van der Waals surface area contributed by atoms with Crippen LogP contribution in [0.15, 0.2) is 66.9 Å². The van der Waals surface area contributed by atoms with E-state index < -0.39 is 5.91 Å². The Morgan fingerprint density at radius 1 is 1.09 bits per heavy atom. The minimum Gasteiger partial charge on any atom is -0.305 e. The van der Waals surface area contributed by atoms with E-state index in [0.717, 1.165) is 11.1 Å². The molecule has 9 nitrogen and oxygen atoms in total. The van der Waals surface area contributed by atoms with Gasteiger partial charge in [0.1, 0.15) is 5.82 Å². The average molecular weight is 505 g/mol. The molecule has 0 saturated heterocycles. The fourth-order valence-electron chi connectivity index (χ4n) is 3.66. The van der Waals surface area contributed by atoms with Gasteiger partial charge in [-0.25, -0.2) is 9.67 Å². The molecule has 0 aliphatic carbocycles. The summed E-state index contributed by atoms with van der Waals surface area (Å²) in [4.78, 5) is 17.6. The van der Waals surface area contributed by atoms with Crippen molar-refractivity contribution in [2.24, 2.45) is 0 Å². The maximum atomic E-state index is 13.4. The molecule has 0 spiro atoms. The first-order valence-electron chi connectivity index (χ1n) is 10.6. The van der Waals surface area contributed by atoms with Crippen molar-refractivity contribution < 1.29 is 4.79 Å². The smallest absolute Gasteiger partial charge is 0.277 e. The average Bonchev–Trinajstić information content (AvgIpc) is 3.49. The standard InChI is InChI=1S/C24H18Cl2N8O/c1-14-5-7-15(8-6-14)23-17(13-21-29-32-33-30-21)22(24(35)28-20-4-2-3-11-27-20)31-34(23)19-10-9-16(25)12-18(19)26/h2-12H,13H2,1H3,(H,27,28,35)(H,29,30,32,33). The lowest BCUT2D eigenvalue weighted by atomic mass is 10.0. The molecule has 3 heterocycles. The van der Waals surface area contributed by atoms with Gasteiger partial charge in [-0.15, -0.1) is 10.2 Å². The van der Waals surface area contributed by atoms with E-state index >= 15 is 0 Å². The first kappa shape index (κ1) is 22.7. The number of amides is 1. The molecule has 174 valence electrons. The number of tetrazole rings is 1. The number of nitrogens with one attached hydrogen (secondary N) is 2. The lowest BCUT2D eigenvalue weighted by Crippen LogP contribution is -2.16. The lowest BCUT2D eigenvalue weighted by molar-refractivity contribution is 0.102. The van der Waals surface area contributed by atoms with Crippen LogP contribution in [0, 0.1) is 6.92 Å². The van der Waals surface area contributed by atoms with Crippen molar-refractivity contribution in [2.45, 2.75) is 13.3 Å². The third-order valence-corrected chi connectivity index (χ3v) is 5.83. The first-order valence-corrected chi connectivity index (χ1v) is 11.3. The number of rotatable bonds is 6. The van der Waals surface area contributed by atoms with Gasteiger partial charge in [0.25, 0.3) is 5.91 Å².